The maximum atomic E-state index is 11.8. The van der Waals surface area contributed by atoms with Gasteiger partial charge in [-0.05, 0) is 42.6 Å². The highest BCUT2D eigenvalue weighted by Crippen LogP contribution is 2.17. The molecule has 0 saturated heterocycles. The third-order valence-electron chi connectivity index (χ3n) is 2.80. The molecule has 1 N–H and O–H groups in total. The van der Waals surface area contributed by atoms with E-state index in [2.05, 4.69) is 5.32 Å². The number of carbonyl (C=O) groups excluding carboxylic acids is 3. The summed E-state index contributed by atoms with van der Waals surface area (Å²) in [5.74, 6) is -1.51. The van der Waals surface area contributed by atoms with E-state index in [1.165, 1.54) is 18.3 Å². The minimum atomic E-state index is -0.910. The van der Waals surface area contributed by atoms with Crippen LogP contribution in [-0.2, 0) is 14.3 Å². The van der Waals surface area contributed by atoms with E-state index in [0.717, 1.165) is 0 Å². The van der Waals surface area contributed by atoms with Crippen molar-refractivity contribution in [1.29, 1.82) is 0 Å². The molecule has 1 aromatic carbocycles. The van der Waals surface area contributed by atoms with Gasteiger partial charge in [0.05, 0.1) is 4.88 Å². The standard InChI is InChI=1S/C16H14ClNO5S/c1-10(23-12-6-4-11(17)5-7-12)16(21)22-9-14(19)18-15(20)13-3-2-8-24-13/h2-8,10H,9H2,1H3,(H,18,19,20)/t10-/m1/s1. The third-order valence-corrected chi connectivity index (χ3v) is 3.92. The molecule has 0 aliphatic heterocycles. The lowest BCUT2D eigenvalue weighted by atomic mass is 10.3. The Hall–Kier alpha value is -2.38. The number of halogens is 1. The Bertz CT molecular complexity index is 715. The van der Waals surface area contributed by atoms with Gasteiger partial charge in [0.25, 0.3) is 11.8 Å². The van der Waals surface area contributed by atoms with Gasteiger partial charge in [-0.25, -0.2) is 4.79 Å². The molecule has 1 heterocycles. The second-order valence-corrected chi connectivity index (χ2v) is 6.06. The summed E-state index contributed by atoms with van der Waals surface area (Å²) >= 11 is 6.96. The summed E-state index contributed by atoms with van der Waals surface area (Å²) in [6, 6.07) is 9.75. The Labute approximate surface area is 147 Å². The van der Waals surface area contributed by atoms with Crippen LogP contribution in [0.2, 0.25) is 5.02 Å². The first-order valence-corrected chi connectivity index (χ1v) is 8.18. The van der Waals surface area contributed by atoms with Gasteiger partial charge in [0.2, 0.25) is 0 Å². The summed E-state index contributed by atoms with van der Waals surface area (Å²) in [6.07, 6.45) is -0.910. The molecule has 2 rings (SSSR count). The van der Waals surface area contributed by atoms with Crippen molar-refractivity contribution in [2.75, 3.05) is 6.61 Å². The number of nitrogens with one attached hydrogen (secondary N) is 1. The number of thiophene rings is 1. The Morgan fingerprint density at radius 2 is 1.92 bits per heavy atom. The fourth-order valence-corrected chi connectivity index (χ4v) is 2.40. The van der Waals surface area contributed by atoms with Gasteiger partial charge >= 0.3 is 5.97 Å². The molecule has 0 fully saturated rings. The Morgan fingerprint density at radius 1 is 1.21 bits per heavy atom. The lowest BCUT2D eigenvalue weighted by Crippen LogP contribution is -2.35. The van der Waals surface area contributed by atoms with E-state index >= 15 is 0 Å². The van der Waals surface area contributed by atoms with Crippen LogP contribution in [0.3, 0.4) is 0 Å². The molecule has 8 heteroatoms. The van der Waals surface area contributed by atoms with Crippen LogP contribution >= 0.6 is 22.9 Å². The van der Waals surface area contributed by atoms with Crippen molar-refractivity contribution in [3.05, 3.63) is 51.7 Å². The first-order chi connectivity index (χ1) is 11.5. The van der Waals surface area contributed by atoms with Crippen molar-refractivity contribution in [1.82, 2.24) is 5.32 Å². The molecule has 24 heavy (non-hydrogen) atoms. The maximum absolute atomic E-state index is 11.8. The number of ether oxygens (including phenoxy) is 2. The second kappa shape index (κ2) is 8.47. The number of carbonyl (C=O) groups is 3. The monoisotopic (exact) mass is 367 g/mol. The number of rotatable bonds is 6. The van der Waals surface area contributed by atoms with Gasteiger partial charge in [0, 0.05) is 5.02 Å². The van der Waals surface area contributed by atoms with E-state index < -0.39 is 30.5 Å². The third kappa shape index (κ3) is 5.36. The van der Waals surface area contributed by atoms with E-state index in [4.69, 9.17) is 21.1 Å². The van der Waals surface area contributed by atoms with Crippen LogP contribution in [0, 0.1) is 0 Å². The van der Waals surface area contributed by atoms with E-state index in [1.54, 1.807) is 41.8 Å². The molecule has 0 aliphatic carbocycles. The molecular weight excluding hydrogens is 354 g/mol. The summed E-state index contributed by atoms with van der Waals surface area (Å²) in [7, 11) is 0. The number of hydrogen-bond acceptors (Lipinski definition) is 6. The molecule has 2 aromatic rings. The highest BCUT2D eigenvalue weighted by molar-refractivity contribution is 7.12. The largest absolute Gasteiger partial charge is 0.479 e. The van der Waals surface area contributed by atoms with E-state index in [1.807, 2.05) is 0 Å². The summed E-state index contributed by atoms with van der Waals surface area (Å²) in [4.78, 5) is 35.5. The number of imide groups is 1. The molecular formula is C16H14ClNO5S. The molecule has 0 unspecified atom stereocenters. The average Bonchev–Trinajstić information content (AvgIpc) is 3.09. The van der Waals surface area contributed by atoms with Crippen molar-refractivity contribution in [3.63, 3.8) is 0 Å². The van der Waals surface area contributed by atoms with E-state index in [-0.39, 0.29) is 0 Å². The van der Waals surface area contributed by atoms with Gasteiger partial charge in [0.15, 0.2) is 12.7 Å². The molecule has 1 atom stereocenters. The van der Waals surface area contributed by atoms with Crippen LogP contribution in [0.4, 0.5) is 0 Å². The first kappa shape index (κ1) is 18.0. The molecule has 6 nitrogen and oxygen atoms in total. The van der Waals surface area contributed by atoms with Gasteiger partial charge in [-0.3, -0.25) is 14.9 Å². The van der Waals surface area contributed by atoms with Crippen LogP contribution in [0.25, 0.3) is 0 Å². The zero-order chi connectivity index (χ0) is 17.5. The van der Waals surface area contributed by atoms with Crippen molar-refractivity contribution < 1.29 is 23.9 Å². The predicted octanol–water partition coefficient (Wildman–Crippen LogP) is 2.67. The number of hydrogen-bond donors (Lipinski definition) is 1. The van der Waals surface area contributed by atoms with Gasteiger partial charge in [0.1, 0.15) is 5.75 Å². The zero-order valence-corrected chi connectivity index (χ0v) is 14.2. The molecule has 1 aromatic heterocycles. The molecule has 0 bridgehead atoms. The summed E-state index contributed by atoms with van der Waals surface area (Å²) < 4.78 is 10.2. The molecule has 0 saturated carbocycles. The van der Waals surface area contributed by atoms with Crippen molar-refractivity contribution in [2.45, 2.75) is 13.0 Å². The van der Waals surface area contributed by atoms with Gasteiger partial charge < -0.3 is 9.47 Å². The Morgan fingerprint density at radius 3 is 2.54 bits per heavy atom. The minimum absolute atomic E-state index is 0.397. The lowest BCUT2D eigenvalue weighted by Gasteiger charge is -2.13. The normalized spacial score (nSPS) is 11.4. The van der Waals surface area contributed by atoms with E-state index in [0.29, 0.717) is 15.6 Å². The number of benzene rings is 1. The summed E-state index contributed by atoms with van der Waals surface area (Å²) in [6.45, 7) is 0.927. The van der Waals surface area contributed by atoms with Crippen LogP contribution in [0.15, 0.2) is 41.8 Å². The van der Waals surface area contributed by atoms with Gasteiger partial charge in [-0.2, -0.15) is 0 Å². The van der Waals surface area contributed by atoms with Crippen molar-refractivity contribution >= 4 is 40.7 Å². The minimum Gasteiger partial charge on any atom is -0.479 e. The lowest BCUT2D eigenvalue weighted by molar-refractivity contribution is -0.154. The molecule has 0 radical (unpaired) electrons. The highest BCUT2D eigenvalue weighted by atomic mass is 35.5. The zero-order valence-electron chi connectivity index (χ0n) is 12.7. The maximum Gasteiger partial charge on any atom is 0.347 e. The van der Waals surface area contributed by atoms with Crippen molar-refractivity contribution in [2.24, 2.45) is 0 Å². The fraction of sp³-hybridized carbons (Fsp3) is 0.188. The molecule has 126 valence electrons. The Balaban J connectivity index is 1.76. The number of amides is 2. The highest BCUT2D eigenvalue weighted by Gasteiger charge is 2.19. The quantitative estimate of drug-likeness (QED) is 0.794. The fourth-order valence-electron chi connectivity index (χ4n) is 1.65. The van der Waals surface area contributed by atoms with Gasteiger partial charge in [-0.15, -0.1) is 11.3 Å². The Kier molecular flexibility index (Phi) is 6.34. The van der Waals surface area contributed by atoms with Crippen molar-refractivity contribution in [3.8, 4) is 5.75 Å². The number of esters is 1. The van der Waals surface area contributed by atoms with E-state index in [9.17, 15) is 14.4 Å². The second-order valence-electron chi connectivity index (χ2n) is 4.68. The topological polar surface area (TPSA) is 81.7 Å². The first-order valence-electron chi connectivity index (χ1n) is 6.92. The SMILES string of the molecule is C[C@@H](Oc1ccc(Cl)cc1)C(=O)OCC(=O)NC(=O)c1cccs1. The average molecular weight is 368 g/mol. The van der Waals surface area contributed by atoms with Crippen LogP contribution in [0.1, 0.15) is 16.6 Å². The van der Waals surface area contributed by atoms with Crippen LogP contribution in [-0.4, -0.2) is 30.5 Å². The summed E-state index contributed by atoms with van der Waals surface area (Å²) in [5, 5.41) is 4.40. The van der Waals surface area contributed by atoms with Crippen LogP contribution < -0.4 is 10.1 Å². The molecule has 0 aliphatic rings. The predicted molar refractivity (Wildman–Crippen MR) is 89.3 cm³/mol. The van der Waals surface area contributed by atoms with Gasteiger partial charge in [-0.1, -0.05) is 17.7 Å². The van der Waals surface area contributed by atoms with Crippen LogP contribution in [0.5, 0.6) is 5.75 Å². The smallest absolute Gasteiger partial charge is 0.347 e. The molecule has 0 spiro atoms. The molecule has 2 amide bonds. The summed E-state index contributed by atoms with van der Waals surface area (Å²) in [5.41, 5.74) is 0.